The lowest BCUT2D eigenvalue weighted by atomic mass is 9.84. The second kappa shape index (κ2) is 5.50. The van der Waals surface area contributed by atoms with Crippen molar-refractivity contribution in [1.29, 1.82) is 0 Å². The van der Waals surface area contributed by atoms with E-state index in [4.69, 9.17) is 12.2 Å². The molecule has 0 fully saturated rings. The molecule has 2 nitrogen and oxygen atoms in total. The summed E-state index contributed by atoms with van der Waals surface area (Å²) in [4.78, 5) is 16.2. The maximum absolute atomic E-state index is 13.0. The molecule has 2 aromatic rings. The molecule has 3 rings (SSSR count). The Balaban J connectivity index is 2.43. The van der Waals surface area contributed by atoms with Crippen molar-refractivity contribution < 1.29 is 4.79 Å². The molecule has 0 saturated heterocycles. The first-order valence-electron chi connectivity index (χ1n) is 7.75. The molecule has 0 atom stereocenters. The molecule has 1 aromatic carbocycles. The zero-order valence-electron chi connectivity index (χ0n) is 14.3. The smallest absolute Gasteiger partial charge is 0.230 e. The molecule has 0 aliphatic carbocycles. The van der Waals surface area contributed by atoms with Gasteiger partial charge in [0.1, 0.15) is 3.82 Å². The fourth-order valence-corrected chi connectivity index (χ4v) is 6.65. The van der Waals surface area contributed by atoms with Crippen LogP contribution in [0.5, 0.6) is 0 Å². The number of anilines is 1. The Hall–Kier alpha value is -1.04. The van der Waals surface area contributed by atoms with Crippen molar-refractivity contribution >= 4 is 44.5 Å². The van der Waals surface area contributed by atoms with E-state index in [0.717, 1.165) is 26.2 Å². The molecule has 1 aromatic heterocycles. The van der Waals surface area contributed by atoms with Crippen LogP contribution in [0.1, 0.15) is 43.7 Å². The van der Waals surface area contributed by atoms with Crippen LogP contribution >= 0.6 is 32.9 Å². The maximum Gasteiger partial charge on any atom is 0.230 e. The van der Waals surface area contributed by atoms with Crippen LogP contribution < -0.4 is 4.90 Å². The SMILES string of the molecule is Cc1cc(C)c2c(c1)-c1c(ssc1=S)C(C)(C)N2C(=O)C(C)C. The Bertz CT molecular complexity index is 858. The average molecular weight is 364 g/mol. The minimum absolute atomic E-state index is 0.0454. The van der Waals surface area contributed by atoms with Gasteiger partial charge in [-0.3, -0.25) is 4.79 Å². The monoisotopic (exact) mass is 363 g/mol. The highest BCUT2D eigenvalue weighted by Gasteiger charge is 2.44. The number of fused-ring (bicyclic) bond motifs is 3. The van der Waals surface area contributed by atoms with E-state index in [-0.39, 0.29) is 17.4 Å². The van der Waals surface area contributed by atoms with Gasteiger partial charge in [-0.15, -0.1) is 0 Å². The minimum Gasteiger partial charge on any atom is -0.301 e. The van der Waals surface area contributed by atoms with Crippen molar-refractivity contribution in [3.05, 3.63) is 32.0 Å². The number of aryl methyl sites for hydroxylation is 2. The van der Waals surface area contributed by atoms with E-state index in [2.05, 4.69) is 39.8 Å². The van der Waals surface area contributed by atoms with Gasteiger partial charge in [-0.1, -0.05) is 58.4 Å². The molecule has 0 bridgehead atoms. The summed E-state index contributed by atoms with van der Waals surface area (Å²) in [6.45, 7) is 12.4. The van der Waals surface area contributed by atoms with Crippen LogP contribution in [-0.2, 0) is 10.3 Å². The molecule has 0 spiro atoms. The summed E-state index contributed by atoms with van der Waals surface area (Å²) in [6.07, 6.45) is 0. The zero-order chi connectivity index (χ0) is 17.1. The van der Waals surface area contributed by atoms with E-state index >= 15 is 0 Å². The van der Waals surface area contributed by atoms with Crippen molar-refractivity contribution in [3.63, 3.8) is 0 Å². The van der Waals surface area contributed by atoms with Crippen LogP contribution in [0.4, 0.5) is 5.69 Å². The molecule has 0 N–H and O–H groups in total. The van der Waals surface area contributed by atoms with Crippen molar-refractivity contribution in [2.45, 2.75) is 47.1 Å². The zero-order valence-corrected chi connectivity index (χ0v) is 16.8. The second-order valence-electron chi connectivity index (χ2n) is 7.02. The molecule has 0 saturated carbocycles. The number of hydrogen-bond acceptors (Lipinski definition) is 4. The van der Waals surface area contributed by atoms with Gasteiger partial charge in [-0.05, 0) is 39.3 Å². The lowest BCUT2D eigenvalue weighted by Crippen LogP contribution is -2.49. The van der Waals surface area contributed by atoms with E-state index in [0.29, 0.717) is 0 Å². The maximum atomic E-state index is 13.0. The lowest BCUT2D eigenvalue weighted by molar-refractivity contribution is -0.122. The Morgan fingerprint density at radius 3 is 2.48 bits per heavy atom. The highest BCUT2D eigenvalue weighted by Crippen LogP contribution is 2.53. The van der Waals surface area contributed by atoms with Crippen LogP contribution in [0.2, 0.25) is 0 Å². The first kappa shape index (κ1) is 16.8. The van der Waals surface area contributed by atoms with E-state index < -0.39 is 0 Å². The molecule has 2 heterocycles. The second-order valence-corrected chi connectivity index (χ2v) is 9.84. The van der Waals surface area contributed by atoms with E-state index in [1.165, 1.54) is 10.4 Å². The predicted octanol–water partition coefficient (Wildman–Crippen LogP) is 6.06. The quantitative estimate of drug-likeness (QED) is 0.453. The summed E-state index contributed by atoms with van der Waals surface area (Å²) in [5.41, 5.74) is 5.28. The molecular formula is C18H21NOS3. The van der Waals surface area contributed by atoms with Crippen molar-refractivity contribution in [1.82, 2.24) is 0 Å². The van der Waals surface area contributed by atoms with Crippen LogP contribution in [0, 0.1) is 23.6 Å². The Morgan fingerprint density at radius 2 is 1.87 bits per heavy atom. The van der Waals surface area contributed by atoms with Gasteiger partial charge in [0, 0.05) is 17.0 Å². The van der Waals surface area contributed by atoms with Gasteiger partial charge >= 0.3 is 0 Å². The van der Waals surface area contributed by atoms with Gasteiger partial charge in [0.25, 0.3) is 0 Å². The van der Waals surface area contributed by atoms with Crippen LogP contribution in [0.15, 0.2) is 12.1 Å². The molecule has 5 heteroatoms. The highest BCUT2D eigenvalue weighted by atomic mass is 32.9. The van der Waals surface area contributed by atoms with Gasteiger partial charge < -0.3 is 4.90 Å². The fourth-order valence-electron chi connectivity index (χ4n) is 3.37. The number of rotatable bonds is 1. The van der Waals surface area contributed by atoms with Crippen LogP contribution in [0.3, 0.4) is 0 Å². The third-order valence-electron chi connectivity index (χ3n) is 4.40. The van der Waals surface area contributed by atoms with Crippen LogP contribution in [-0.4, -0.2) is 5.91 Å². The van der Waals surface area contributed by atoms with E-state index in [9.17, 15) is 4.79 Å². The predicted molar refractivity (Wildman–Crippen MR) is 103 cm³/mol. The average Bonchev–Trinajstić information content (AvgIpc) is 2.82. The molecule has 23 heavy (non-hydrogen) atoms. The molecule has 0 radical (unpaired) electrons. The van der Waals surface area contributed by atoms with Gasteiger partial charge in [0.2, 0.25) is 5.91 Å². The molecule has 1 aliphatic rings. The first-order valence-corrected chi connectivity index (χ1v) is 10.3. The van der Waals surface area contributed by atoms with Crippen LogP contribution in [0.25, 0.3) is 11.1 Å². The van der Waals surface area contributed by atoms with E-state index in [1.54, 1.807) is 20.7 Å². The summed E-state index contributed by atoms with van der Waals surface area (Å²) < 4.78 is 0.931. The van der Waals surface area contributed by atoms with E-state index in [1.807, 2.05) is 18.7 Å². The normalized spacial score (nSPS) is 15.5. The Labute approximate surface area is 150 Å². The first-order chi connectivity index (χ1) is 10.7. The molecular weight excluding hydrogens is 342 g/mol. The van der Waals surface area contributed by atoms with Gasteiger partial charge in [0.15, 0.2) is 0 Å². The largest absolute Gasteiger partial charge is 0.301 e. The summed E-state index contributed by atoms with van der Waals surface area (Å²) in [5, 5.41) is 0. The summed E-state index contributed by atoms with van der Waals surface area (Å²) >= 11 is 5.62. The standard InChI is InChI=1S/C18H21NOS3/c1-9(2)16(20)19-14-11(4)7-10(3)8-12(14)13-15(18(19,5)6)22-23-17(13)21/h7-9H,1-6H3. The van der Waals surface area contributed by atoms with Crippen molar-refractivity contribution in [2.24, 2.45) is 5.92 Å². The molecule has 0 unspecified atom stereocenters. The Kier molecular flexibility index (Phi) is 4.02. The molecule has 122 valence electrons. The van der Waals surface area contributed by atoms with Gasteiger partial charge in [-0.2, -0.15) is 0 Å². The Morgan fingerprint density at radius 1 is 1.22 bits per heavy atom. The number of amides is 1. The summed E-state index contributed by atoms with van der Waals surface area (Å²) in [5.74, 6) is 0.120. The van der Waals surface area contributed by atoms with Crippen molar-refractivity contribution in [2.75, 3.05) is 4.90 Å². The van der Waals surface area contributed by atoms with Crippen molar-refractivity contribution in [3.8, 4) is 11.1 Å². The number of nitrogens with zero attached hydrogens (tertiary/aromatic N) is 1. The lowest BCUT2D eigenvalue weighted by Gasteiger charge is -2.44. The summed E-state index contributed by atoms with van der Waals surface area (Å²) in [7, 11) is 3.35. The highest BCUT2D eigenvalue weighted by molar-refractivity contribution is 7.80. The fraction of sp³-hybridized carbons (Fsp3) is 0.444. The molecule has 1 amide bonds. The third-order valence-corrected chi connectivity index (χ3v) is 7.73. The topological polar surface area (TPSA) is 20.3 Å². The number of carbonyl (C=O) groups is 1. The number of carbonyl (C=O) groups excluding carboxylic acids is 1. The number of hydrogen-bond donors (Lipinski definition) is 0. The summed E-state index contributed by atoms with van der Waals surface area (Å²) in [6, 6.07) is 4.33. The van der Waals surface area contributed by atoms with Gasteiger partial charge in [-0.25, -0.2) is 0 Å². The minimum atomic E-state index is -0.373. The van der Waals surface area contributed by atoms with Gasteiger partial charge in [0.05, 0.1) is 16.1 Å². The third kappa shape index (κ3) is 2.41. The molecule has 1 aliphatic heterocycles. The number of benzene rings is 1.